The SMILES string of the molecule is Cc1cc(N2CCCC2)ccc1NCc1cn[nH]c1C. The third-order valence-corrected chi connectivity index (χ3v) is 4.08. The Morgan fingerprint density at radius 2 is 2.05 bits per heavy atom. The second-order valence-corrected chi connectivity index (χ2v) is 5.57. The van der Waals surface area contributed by atoms with E-state index in [0.29, 0.717) is 0 Å². The lowest BCUT2D eigenvalue weighted by Crippen LogP contribution is -2.17. The van der Waals surface area contributed by atoms with E-state index >= 15 is 0 Å². The molecule has 2 heterocycles. The van der Waals surface area contributed by atoms with E-state index in [1.54, 1.807) is 0 Å². The average molecular weight is 270 g/mol. The van der Waals surface area contributed by atoms with E-state index in [2.05, 4.69) is 45.5 Å². The quantitative estimate of drug-likeness (QED) is 0.896. The van der Waals surface area contributed by atoms with E-state index in [4.69, 9.17) is 0 Å². The van der Waals surface area contributed by atoms with Crippen LogP contribution in [-0.4, -0.2) is 23.3 Å². The minimum Gasteiger partial charge on any atom is -0.381 e. The monoisotopic (exact) mass is 270 g/mol. The van der Waals surface area contributed by atoms with Crippen molar-refractivity contribution in [2.75, 3.05) is 23.3 Å². The summed E-state index contributed by atoms with van der Waals surface area (Å²) in [6, 6.07) is 6.71. The Hall–Kier alpha value is -1.97. The highest BCUT2D eigenvalue weighted by Crippen LogP contribution is 2.25. The molecule has 0 saturated carbocycles. The Bertz CT molecular complexity index is 582. The summed E-state index contributed by atoms with van der Waals surface area (Å²) < 4.78 is 0. The van der Waals surface area contributed by atoms with E-state index in [0.717, 1.165) is 12.2 Å². The van der Waals surface area contributed by atoms with Crippen LogP contribution >= 0.6 is 0 Å². The summed E-state index contributed by atoms with van der Waals surface area (Å²) in [5.74, 6) is 0. The zero-order valence-corrected chi connectivity index (χ0v) is 12.2. The Balaban J connectivity index is 1.69. The molecule has 20 heavy (non-hydrogen) atoms. The number of hydrogen-bond donors (Lipinski definition) is 2. The van der Waals surface area contributed by atoms with E-state index in [1.807, 2.05) is 13.1 Å². The number of hydrogen-bond acceptors (Lipinski definition) is 3. The first-order valence-corrected chi connectivity index (χ1v) is 7.32. The summed E-state index contributed by atoms with van der Waals surface area (Å²) >= 11 is 0. The zero-order chi connectivity index (χ0) is 13.9. The normalized spacial score (nSPS) is 14.8. The number of nitrogens with zero attached hydrogens (tertiary/aromatic N) is 2. The largest absolute Gasteiger partial charge is 0.381 e. The van der Waals surface area contributed by atoms with Crippen molar-refractivity contribution < 1.29 is 0 Å². The standard InChI is InChI=1S/C16H22N4/c1-12-9-15(20-7-3-4-8-20)5-6-16(12)17-10-14-11-18-19-13(14)2/h5-6,9,11,17H,3-4,7-8,10H2,1-2H3,(H,18,19). The molecule has 0 aliphatic carbocycles. The predicted octanol–water partition coefficient (Wildman–Crippen LogP) is 3.24. The van der Waals surface area contributed by atoms with Gasteiger partial charge in [0.15, 0.2) is 0 Å². The molecule has 1 aromatic heterocycles. The zero-order valence-electron chi connectivity index (χ0n) is 12.2. The summed E-state index contributed by atoms with van der Waals surface area (Å²) in [5, 5.41) is 10.5. The lowest BCUT2D eigenvalue weighted by molar-refractivity contribution is 0.949. The van der Waals surface area contributed by atoms with Crippen molar-refractivity contribution in [3.63, 3.8) is 0 Å². The predicted molar refractivity (Wildman–Crippen MR) is 83.3 cm³/mol. The first-order chi connectivity index (χ1) is 9.74. The number of aryl methyl sites for hydroxylation is 2. The molecule has 1 aliphatic rings. The van der Waals surface area contributed by atoms with Gasteiger partial charge < -0.3 is 10.2 Å². The van der Waals surface area contributed by atoms with Crippen LogP contribution in [0.3, 0.4) is 0 Å². The smallest absolute Gasteiger partial charge is 0.0539 e. The molecular formula is C16H22N4. The van der Waals surface area contributed by atoms with Gasteiger partial charge >= 0.3 is 0 Å². The van der Waals surface area contributed by atoms with Crippen molar-refractivity contribution in [3.8, 4) is 0 Å². The highest BCUT2D eigenvalue weighted by Gasteiger charge is 2.13. The van der Waals surface area contributed by atoms with Crippen molar-refractivity contribution in [3.05, 3.63) is 41.2 Å². The second-order valence-electron chi connectivity index (χ2n) is 5.57. The topological polar surface area (TPSA) is 44.0 Å². The molecule has 0 bridgehead atoms. The molecule has 1 aliphatic heterocycles. The lowest BCUT2D eigenvalue weighted by atomic mass is 10.1. The number of anilines is 2. The molecule has 0 radical (unpaired) electrons. The molecule has 1 fully saturated rings. The van der Waals surface area contributed by atoms with Gasteiger partial charge in [-0.15, -0.1) is 0 Å². The van der Waals surface area contributed by atoms with Gasteiger partial charge in [-0.25, -0.2) is 0 Å². The van der Waals surface area contributed by atoms with Gasteiger partial charge in [0.2, 0.25) is 0 Å². The Morgan fingerprint density at radius 3 is 2.70 bits per heavy atom. The maximum absolute atomic E-state index is 4.05. The molecule has 0 atom stereocenters. The first kappa shape index (κ1) is 13.0. The molecule has 1 saturated heterocycles. The fourth-order valence-electron chi connectivity index (χ4n) is 2.76. The maximum atomic E-state index is 4.05. The Morgan fingerprint density at radius 1 is 1.25 bits per heavy atom. The highest BCUT2D eigenvalue weighted by atomic mass is 15.1. The van der Waals surface area contributed by atoms with E-state index < -0.39 is 0 Å². The summed E-state index contributed by atoms with van der Waals surface area (Å²) in [4.78, 5) is 2.47. The number of aromatic amines is 1. The molecular weight excluding hydrogens is 248 g/mol. The average Bonchev–Trinajstić information content (AvgIpc) is 3.09. The molecule has 106 valence electrons. The van der Waals surface area contributed by atoms with Crippen LogP contribution in [0.4, 0.5) is 11.4 Å². The van der Waals surface area contributed by atoms with Crippen LogP contribution in [0.2, 0.25) is 0 Å². The van der Waals surface area contributed by atoms with Crippen LogP contribution in [0.25, 0.3) is 0 Å². The van der Waals surface area contributed by atoms with Crippen LogP contribution in [0.5, 0.6) is 0 Å². The minimum absolute atomic E-state index is 0.812. The summed E-state index contributed by atoms with van der Waals surface area (Å²) in [6.45, 7) is 7.42. The van der Waals surface area contributed by atoms with Gasteiger partial charge in [-0.05, 0) is 50.5 Å². The van der Waals surface area contributed by atoms with Crippen molar-refractivity contribution in [2.24, 2.45) is 0 Å². The highest BCUT2D eigenvalue weighted by molar-refractivity contribution is 5.60. The van der Waals surface area contributed by atoms with Gasteiger partial charge in [-0.3, -0.25) is 5.10 Å². The maximum Gasteiger partial charge on any atom is 0.0539 e. The third kappa shape index (κ3) is 2.64. The molecule has 0 amide bonds. The van der Waals surface area contributed by atoms with Crippen LogP contribution < -0.4 is 10.2 Å². The van der Waals surface area contributed by atoms with Crippen LogP contribution in [0.15, 0.2) is 24.4 Å². The number of H-pyrrole nitrogens is 1. The molecule has 3 rings (SSSR count). The third-order valence-electron chi connectivity index (χ3n) is 4.08. The van der Waals surface area contributed by atoms with Gasteiger partial charge in [-0.2, -0.15) is 5.10 Å². The Kier molecular flexibility index (Phi) is 3.63. The van der Waals surface area contributed by atoms with Crippen LogP contribution in [0.1, 0.15) is 29.7 Å². The van der Waals surface area contributed by atoms with Crippen molar-refractivity contribution in [2.45, 2.75) is 33.2 Å². The lowest BCUT2D eigenvalue weighted by Gasteiger charge is -2.19. The molecule has 1 aromatic carbocycles. The van der Waals surface area contributed by atoms with Gasteiger partial charge in [-0.1, -0.05) is 0 Å². The Labute approximate surface area is 120 Å². The van der Waals surface area contributed by atoms with E-state index in [1.165, 1.54) is 48.4 Å². The van der Waals surface area contributed by atoms with Crippen LogP contribution in [0, 0.1) is 13.8 Å². The number of benzene rings is 1. The number of aromatic nitrogens is 2. The molecule has 4 heteroatoms. The molecule has 4 nitrogen and oxygen atoms in total. The van der Waals surface area contributed by atoms with Crippen molar-refractivity contribution in [1.29, 1.82) is 0 Å². The van der Waals surface area contributed by atoms with Crippen molar-refractivity contribution in [1.82, 2.24) is 10.2 Å². The van der Waals surface area contributed by atoms with Crippen LogP contribution in [-0.2, 0) is 6.54 Å². The number of nitrogens with one attached hydrogen (secondary N) is 2. The summed E-state index contributed by atoms with van der Waals surface area (Å²) in [6.07, 6.45) is 4.52. The van der Waals surface area contributed by atoms with E-state index in [-0.39, 0.29) is 0 Å². The van der Waals surface area contributed by atoms with Gasteiger partial charge in [0, 0.05) is 42.3 Å². The van der Waals surface area contributed by atoms with Crippen molar-refractivity contribution >= 4 is 11.4 Å². The van der Waals surface area contributed by atoms with E-state index in [9.17, 15) is 0 Å². The van der Waals surface area contributed by atoms with Gasteiger partial charge in [0.25, 0.3) is 0 Å². The van der Waals surface area contributed by atoms with Gasteiger partial charge in [0.05, 0.1) is 6.20 Å². The molecule has 2 aromatic rings. The molecule has 0 unspecified atom stereocenters. The fraction of sp³-hybridized carbons (Fsp3) is 0.438. The minimum atomic E-state index is 0.812. The number of rotatable bonds is 4. The first-order valence-electron chi connectivity index (χ1n) is 7.32. The van der Waals surface area contributed by atoms with Gasteiger partial charge in [0.1, 0.15) is 0 Å². The molecule has 2 N–H and O–H groups in total. The second kappa shape index (κ2) is 5.57. The summed E-state index contributed by atoms with van der Waals surface area (Å²) in [7, 11) is 0. The fourth-order valence-corrected chi connectivity index (χ4v) is 2.76. The molecule has 0 spiro atoms. The summed E-state index contributed by atoms with van der Waals surface area (Å²) in [5.41, 5.74) is 6.20.